The molecule has 0 fully saturated rings. The van der Waals surface area contributed by atoms with Crippen LogP contribution in [0, 0.1) is 13.8 Å². The average molecular weight is 391 g/mol. The van der Waals surface area contributed by atoms with Gasteiger partial charge in [0.2, 0.25) is 0 Å². The number of hydrogen-bond donors (Lipinski definition) is 2. The zero-order valence-corrected chi connectivity index (χ0v) is 17.4. The fourth-order valence-electron chi connectivity index (χ4n) is 5.37. The number of rotatable bonds is 2. The van der Waals surface area contributed by atoms with Crippen molar-refractivity contribution in [1.82, 2.24) is 0 Å². The van der Waals surface area contributed by atoms with E-state index < -0.39 is 5.41 Å². The van der Waals surface area contributed by atoms with Gasteiger partial charge in [0.1, 0.15) is 0 Å². The molecule has 148 valence electrons. The van der Waals surface area contributed by atoms with Crippen LogP contribution in [0.3, 0.4) is 0 Å². The van der Waals surface area contributed by atoms with E-state index in [1.54, 1.807) is 0 Å². The summed E-state index contributed by atoms with van der Waals surface area (Å²) in [5, 5.41) is 0. The van der Waals surface area contributed by atoms with Crippen LogP contribution in [0.1, 0.15) is 44.5 Å². The molecule has 0 bridgehead atoms. The van der Waals surface area contributed by atoms with Gasteiger partial charge >= 0.3 is 0 Å². The lowest BCUT2D eigenvalue weighted by Gasteiger charge is -2.44. The van der Waals surface area contributed by atoms with E-state index in [0.717, 1.165) is 17.8 Å². The fraction of sp³-hybridized carbons (Fsp3) is 0.143. The van der Waals surface area contributed by atoms with Crippen LogP contribution < -0.4 is 11.5 Å². The summed E-state index contributed by atoms with van der Waals surface area (Å²) in [6.45, 7) is 4.33. The lowest BCUT2D eigenvalue weighted by molar-refractivity contribution is 0.693. The maximum atomic E-state index is 6.16. The maximum absolute atomic E-state index is 6.16. The molecule has 0 saturated heterocycles. The Morgan fingerprint density at radius 2 is 1.00 bits per heavy atom. The van der Waals surface area contributed by atoms with Crippen molar-refractivity contribution in [3.8, 4) is 0 Å². The molecule has 0 spiro atoms. The molecule has 0 aromatic heterocycles. The molecule has 0 atom stereocenters. The fourth-order valence-corrected chi connectivity index (χ4v) is 5.37. The van der Waals surface area contributed by atoms with Gasteiger partial charge in [-0.25, -0.2) is 0 Å². The standard InChI is InChI=1S/C28H26N2/c1-18-15-22(29)11-13-24(18)28(25-14-12-23(30)16-19(25)2)26-9-5-3-7-20(26)17-21-8-4-6-10-27(21)28/h3-16H,17,29-30H2,1-2H3. The number of nitrogens with two attached hydrogens (primary N) is 2. The van der Waals surface area contributed by atoms with Crippen molar-refractivity contribution in [2.75, 3.05) is 11.5 Å². The second-order valence-electron chi connectivity index (χ2n) is 8.39. The van der Waals surface area contributed by atoms with Gasteiger partial charge in [-0.3, -0.25) is 0 Å². The lowest BCUT2D eigenvalue weighted by atomic mass is 9.58. The molecule has 0 aliphatic heterocycles. The van der Waals surface area contributed by atoms with Crippen LogP contribution in [0.5, 0.6) is 0 Å². The molecule has 5 rings (SSSR count). The Balaban J connectivity index is 2.01. The Kier molecular flexibility index (Phi) is 4.18. The van der Waals surface area contributed by atoms with Gasteiger partial charge in [0.15, 0.2) is 0 Å². The molecule has 0 radical (unpaired) electrons. The van der Waals surface area contributed by atoms with Crippen LogP contribution in [-0.4, -0.2) is 0 Å². The minimum absolute atomic E-state index is 0.416. The van der Waals surface area contributed by atoms with E-state index in [1.807, 2.05) is 12.1 Å². The van der Waals surface area contributed by atoms with Gasteiger partial charge in [-0.2, -0.15) is 0 Å². The summed E-state index contributed by atoms with van der Waals surface area (Å²) in [6, 6.07) is 30.3. The summed E-state index contributed by atoms with van der Waals surface area (Å²) < 4.78 is 0. The zero-order valence-electron chi connectivity index (χ0n) is 17.4. The molecule has 30 heavy (non-hydrogen) atoms. The van der Waals surface area contributed by atoms with Gasteiger partial charge in [-0.15, -0.1) is 0 Å². The van der Waals surface area contributed by atoms with E-state index in [-0.39, 0.29) is 0 Å². The second kappa shape index (κ2) is 6.77. The summed E-state index contributed by atoms with van der Waals surface area (Å²) in [5.74, 6) is 0. The Labute approximate surface area is 178 Å². The number of aryl methyl sites for hydroxylation is 2. The summed E-state index contributed by atoms with van der Waals surface area (Å²) >= 11 is 0. The number of hydrogen-bond acceptors (Lipinski definition) is 2. The van der Waals surface area contributed by atoms with Gasteiger partial charge < -0.3 is 11.5 Å². The minimum atomic E-state index is -0.416. The van der Waals surface area contributed by atoms with Gasteiger partial charge in [-0.05, 0) is 89.0 Å². The average Bonchev–Trinajstić information content (AvgIpc) is 2.73. The lowest BCUT2D eigenvalue weighted by Crippen LogP contribution is -2.37. The first-order valence-corrected chi connectivity index (χ1v) is 10.4. The van der Waals surface area contributed by atoms with Crippen molar-refractivity contribution in [2.24, 2.45) is 0 Å². The van der Waals surface area contributed by atoms with Gasteiger partial charge in [0.05, 0.1) is 5.41 Å². The van der Waals surface area contributed by atoms with Crippen LogP contribution in [-0.2, 0) is 11.8 Å². The Morgan fingerprint density at radius 3 is 1.43 bits per heavy atom. The molecule has 2 nitrogen and oxygen atoms in total. The van der Waals surface area contributed by atoms with E-state index in [0.29, 0.717) is 0 Å². The Bertz CT molecular complexity index is 1170. The monoisotopic (exact) mass is 390 g/mol. The normalized spacial score (nSPS) is 14.1. The predicted molar refractivity (Wildman–Crippen MR) is 126 cm³/mol. The predicted octanol–water partition coefficient (Wildman–Crippen LogP) is 5.75. The summed E-state index contributed by atoms with van der Waals surface area (Å²) in [7, 11) is 0. The van der Waals surface area contributed by atoms with Crippen molar-refractivity contribution >= 4 is 11.4 Å². The van der Waals surface area contributed by atoms with Crippen LogP contribution in [0.4, 0.5) is 11.4 Å². The van der Waals surface area contributed by atoms with Gasteiger partial charge in [0.25, 0.3) is 0 Å². The summed E-state index contributed by atoms with van der Waals surface area (Å²) in [6.07, 6.45) is 0.941. The molecular weight excluding hydrogens is 364 g/mol. The molecule has 1 aliphatic rings. The largest absolute Gasteiger partial charge is 0.399 e. The highest BCUT2D eigenvalue weighted by Gasteiger charge is 2.45. The number of benzene rings is 4. The van der Waals surface area contributed by atoms with Crippen LogP contribution in [0.25, 0.3) is 0 Å². The van der Waals surface area contributed by atoms with Crippen molar-refractivity contribution in [3.05, 3.63) is 129 Å². The molecule has 0 unspecified atom stereocenters. The second-order valence-corrected chi connectivity index (χ2v) is 8.39. The Hall–Kier alpha value is -3.52. The zero-order chi connectivity index (χ0) is 20.9. The molecule has 4 aromatic carbocycles. The minimum Gasteiger partial charge on any atom is -0.399 e. The third-order valence-corrected chi connectivity index (χ3v) is 6.53. The third-order valence-electron chi connectivity index (χ3n) is 6.53. The first kappa shape index (κ1) is 18.5. The van der Waals surface area contributed by atoms with E-state index in [1.165, 1.54) is 44.5 Å². The topological polar surface area (TPSA) is 52.0 Å². The molecule has 1 aliphatic carbocycles. The van der Waals surface area contributed by atoms with Crippen LogP contribution in [0.2, 0.25) is 0 Å². The number of anilines is 2. The van der Waals surface area contributed by atoms with E-state index in [4.69, 9.17) is 11.5 Å². The first-order chi connectivity index (χ1) is 14.5. The van der Waals surface area contributed by atoms with Crippen molar-refractivity contribution in [1.29, 1.82) is 0 Å². The van der Waals surface area contributed by atoms with Crippen molar-refractivity contribution in [3.63, 3.8) is 0 Å². The number of nitrogen functional groups attached to an aromatic ring is 2. The maximum Gasteiger partial charge on any atom is 0.0712 e. The highest BCUT2D eigenvalue weighted by molar-refractivity contribution is 5.70. The molecule has 0 amide bonds. The van der Waals surface area contributed by atoms with E-state index in [2.05, 4.69) is 86.6 Å². The molecule has 4 N–H and O–H groups in total. The quantitative estimate of drug-likeness (QED) is 0.377. The highest BCUT2D eigenvalue weighted by Crippen LogP contribution is 2.52. The molecule has 0 saturated carbocycles. The molecule has 0 heterocycles. The van der Waals surface area contributed by atoms with E-state index >= 15 is 0 Å². The molecular formula is C28H26N2. The smallest absolute Gasteiger partial charge is 0.0712 e. The third kappa shape index (κ3) is 2.57. The van der Waals surface area contributed by atoms with Crippen molar-refractivity contribution in [2.45, 2.75) is 25.7 Å². The highest BCUT2D eigenvalue weighted by atomic mass is 14.6. The Morgan fingerprint density at radius 1 is 0.567 bits per heavy atom. The van der Waals surface area contributed by atoms with Gasteiger partial charge in [0, 0.05) is 11.4 Å². The molecule has 4 aromatic rings. The van der Waals surface area contributed by atoms with Gasteiger partial charge in [-0.1, -0.05) is 60.7 Å². The SMILES string of the molecule is Cc1cc(N)ccc1C1(c2ccc(N)cc2C)c2ccccc2Cc2ccccc21. The molecule has 2 heteroatoms. The summed E-state index contributed by atoms with van der Waals surface area (Å²) in [5.41, 5.74) is 23.8. The van der Waals surface area contributed by atoms with Crippen molar-refractivity contribution < 1.29 is 0 Å². The van der Waals surface area contributed by atoms with Crippen LogP contribution in [0.15, 0.2) is 84.9 Å². The first-order valence-electron chi connectivity index (χ1n) is 10.4. The number of fused-ring (bicyclic) bond motifs is 2. The summed E-state index contributed by atoms with van der Waals surface area (Å²) in [4.78, 5) is 0. The van der Waals surface area contributed by atoms with Crippen LogP contribution >= 0.6 is 0 Å². The van der Waals surface area contributed by atoms with E-state index in [9.17, 15) is 0 Å².